The average molecular weight is 415 g/mol. The third-order valence-electron chi connectivity index (χ3n) is 3.67. The van der Waals surface area contributed by atoms with Gasteiger partial charge in [-0.25, -0.2) is 0 Å². The highest BCUT2D eigenvalue weighted by atomic mass is 16.7. The highest BCUT2D eigenvalue weighted by Crippen LogP contribution is 2.28. The lowest BCUT2D eigenvalue weighted by Gasteiger charge is -2.44. The quantitative estimate of drug-likeness (QED) is 0.336. The Morgan fingerprint density at radius 3 is 1.79 bits per heavy atom. The molecule has 1 rings (SSSR count). The van der Waals surface area contributed by atoms with Gasteiger partial charge in [-0.2, -0.15) is 0 Å². The highest BCUT2D eigenvalue weighted by Gasteiger charge is 2.52. The second kappa shape index (κ2) is 10.6. The van der Waals surface area contributed by atoms with E-state index in [9.17, 15) is 24.0 Å². The van der Waals surface area contributed by atoms with Gasteiger partial charge in [0.2, 0.25) is 12.2 Å². The fourth-order valence-electron chi connectivity index (χ4n) is 2.59. The van der Waals surface area contributed by atoms with Gasteiger partial charge in [-0.3, -0.25) is 24.0 Å². The Morgan fingerprint density at radius 1 is 0.828 bits per heavy atom. The van der Waals surface area contributed by atoms with E-state index < -0.39 is 60.4 Å². The molecule has 1 N–H and O–H groups in total. The predicted molar refractivity (Wildman–Crippen MR) is 94.9 cm³/mol. The first-order valence-corrected chi connectivity index (χ1v) is 8.69. The molecule has 11 heteroatoms. The predicted octanol–water partition coefficient (Wildman–Crippen LogP) is -0.238. The standard InChI is InChI=1S/C18H25NO10/c1-8(2)17(24)19-14-16(27-11(5)22)15(26-10(4)21)13(7-25-9(3)20)29-18(14)28-12(6)23/h13-16,18H,1,7H2,2-6H3,(H,19,24)/t13-,14+,15+,16-,18-/m1/s1. The van der Waals surface area contributed by atoms with Crippen LogP contribution < -0.4 is 5.32 Å². The van der Waals surface area contributed by atoms with Crippen molar-refractivity contribution in [1.82, 2.24) is 5.32 Å². The molecule has 0 unspecified atom stereocenters. The van der Waals surface area contributed by atoms with E-state index in [0.717, 1.165) is 27.7 Å². The third-order valence-corrected chi connectivity index (χ3v) is 3.67. The van der Waals surface area contributed by atoms with E-state index in [1.165, 1.54) is 6.92 Å². The minimum Gasteiger partial charge on any atom is -0.463 e. The molecule has 0 aromatic carbocycles. The monoisotopic (exact) mass is 415 g/mol. The van der Waals surface area contributed by atoms with Gasteiger partial charge in [-0.05, 0) is 6.92 Å². The summed E-state index contributed by atoms with van der Waals surface area (Å²) in [5.41, 5.74) is 0.124. The topological polar surface area (TPSA) is 144 Å². The molecule has 0 radical (unpaired) electrons. The Morgan fingerprint density at radius 2 is 1.34 bits per heavy atom. The fraction of sp³-hybridized carbons (Fsp3) is 0.611. The van der Waals surface area contributed by atoms with Gasteiger partial charge in [-0.15, -0.1) is 0 Å². The molecule has 1 aliphatic heterocycles. The van der Waals surface area contributed by atoms with Crippen molar-refractivity contribution in [3.63, 3.8) is 0 Å². The second-order valence-corrected chi connectivity index (χ2v) is 6.38. The Hall–Kier alpha value is -2.95. The van der Waals surface area contributed by atoms with Gasteiger partial charge in [-0.1, -0.05) is 6.58 Å². The molecule has 1 amide bonds. The van der Waals surface area contributed by atoms with Crippen molar-refractivity contribution in [3.05, 3.63) is 12.2 Å². The van der Waals surface area contributed by atoms with E-state index in [1.807, 2.05) is 0 Å². The van der Waals surface area contributed by atoms with Crippen LogP contribution in [0.15, 0.2) is 12.2 Å². The van der Waals surface area contributed by atoms with Gasteiger partial charge in [0, 0.05) is 33.3 Å². The van der Waals surface area contributed by atoms with Gasteiger partial charge in [0.1, 0.15) is 18.8 Å². The summed E-state index contributed by atoms with van der Waals surface area (Å²) in [7, 11) is 0. The molecule has 0 spiro atoms. The number of ether oxygens (including phenoxy) is 5. The molecule has 1 fully saturated rings. The molecule has 1 saturated heterocycles. The number of carbonyl (C=O) groups excluding carboxylic acids is 5. The molecule has 11 nitrogen and oxygen atoms in total. The van der Waals surface area contributed by atoms with Crippen molar-refractivity contribution in [3.8, 4) is 0 Å². The van der Waals surface area contributed by atoms with E-state index in [0.29, 0.717) is 0 Å². The summed E-state index contributed by atoms with van der Waals surface area (Å²) in [5, 5.41) is 2.50. The van der Waals surface area contributed by atoms with Gasteiger partial charge in [0.25, 0.3) is 0 Å². The number of nitrogens with one attached hydrogen (secondary N) is 1. The van der Waals surface area contributed by atoms with Gasteiger partial charge in [0.05, 0.1) is 0 Å². The van der Waals surface area contributed by atoms with Crippen LogP contribution in [0.25, 0.3) is 0 Å². The summed E-state index contributed by atoms with van der Waals surface area (Å²) in [5.74, 6) is -3.51. The minimum atomic E-state index is -1.42. The van der Waals surface area contributed by atoms with Crippen LogP contribution in [0.3, 0.4) is 0 Å². The Kier molecular flexibility index (Phi) is 8.77. The third kappa shape index (κ3) is 7.53. The molecule has 1 heterocycles. The largest absolute Gasteiger partial charge is 0.463 e. The molecule has 0 aromatic rings. The first-order chi connectivity index (χ1) is 13.4. The average Bonchev–Trinajstić information content (AvgIpc) is 2.56. The lowest BCUT2D eigenvalue weighted by Crippen LogP contribution is -2.67. The Labute approximate surface area is 167 Å². The zero-order valence-electron chi connectivity index (χ0n) is 16.9. The maximum atomic E-state index is 12.2. The van der Waals surface area contributed by atoms with Crippen molar-refractivity contribution in [2.75, 3.05) is 6.61 Å². The van der Waals surface area contributed by atoms with E-state index in [1.54, 1.807) is 0 Å². The van der Waals surface area contributed by atoms with Crippen LogP contribution in [-0.4, -0.2) is 67.0 Å². The van der Waals surface area contributed by atoms with Crippen LogP contribution in [0.2, 0.25) is 0 Å². The van der Waals surface area contributed by atoms with Crippen LogP contribution in [0.5, 0.6) is 0 Å². The summed E-state index contributed by atoms with van der Waals surface area (Å²) in [6, 6.07) is -1.23. The molecule has 5 atom stereocenters. The summed E-state index contributed by atoms with van der Waals surface area (Å²) in [6.45, 7) is 9.07. The minimum absolute atomic E-state index is 0.124. The maximum Gasteiger partial charge on any atom is 0.305 e. The molecule has 29 heavy (non-hydrogen) atoms. The first-order valence-electron chi connectivity index (χ1n) is 8.69. The number of esters is 4. The zero-order chi connectivity index (χ0) is 22.3. The number of amides is 1. The van der Waals surface area contributed by atoms with Crippen molar-refractivity contribution in [2.45, 2.75) is 65.3 Å². The molecule has 162 valence electrons. The second-order valence-electron chi connectivity index (χ2n) is 6.38. The number of carbonyl (C=O) groups is 5. The summed E-state index contributed by atoms with van der Waals surface area (Å²) >= 11 is 0. The van der Waals surface area contributed by atoms with Crippen molar-refractivity contribution < 1.29 is 47.7 Å². The van der Waals surface area contributed by atoms with Gasteiger partial charge < -0.3 is 29.0 Å². The molecule has 0 aromatic heterocycles. The van der Waals surface area contributed by atoms with Crippen LogP contribution >= 0.6 is 0 Å². The molecule has 1 aliphatic rings. The highest BCUT2D eigenvalue weighted by molar-refractivity contribution is 5.92. The van der Waals surface area contributed by atoms with Crippen molar-refractivity contribution in [2.24, 2.45) is 0 Å². The van der Waals surface area contributed by atoms with E-state index >= 15 is 0 Å². The number of hydrogen-bond acceptors (Lipinski definition) is 10. The number of rotatable bonds is 7. The molecule has 0 saturated carbocycles. The van der Waals surface area contributed by atoms with Gasteiger partial charge in [0.15, 0.2) is 12.2 Å². The summed E-state index contributed by atoms with van der Waals surface area (Å²) in [6.07, 6.45) is -5.14. The first kappa shape index (κ1) is 24.1. The van der Waals surface area contributed by atoms with Crippen molar-refractivity contribution >= 4 is 29.8 Å². The van der Waals surface area contributed by atoms with E-state index in [2.05, 4.69) is 11.9 Å². The SMILES string of the molecule is C=C(C)C(=O)N[C@@H]1[C@H](OC(C)=O)O[C@H](COC(C)=O)[C@H](OC(C)=O)[C@@H]1OC(C)=O. The Balaban J connectivity index is 3.36. The van der Waals surface area contributed by atoms with Crippen LogP contribution in [0, 0.1) is 0 Å². The van der Waals surface area contributed by atoms with Crippen LogP contribution in [0.4, 0.5) is 0 Å². The fourth-order valence-corrected chi connectivity index (χ4v) is 2.59. The van der Waals surface area contributed by atoms with Crippen LogP contribution in [-0.2, 0) is 47.7 Å². The lowest BCUT2D eigenvalue weighted by molar-refractivity contribution is -0.270. The zero-order valence-corrected chi connectivity index (χ0v) is 16.9. The molecule has 0 bridgehead atoms. The Bertz CT molecular complexity index is 688. The van der Waals surface area contributed by atoms with E-state index in [4.69, 9.17) is 23.7 Å². The molecular formula is C18H25NO10. The summed E-state index contributed by atoms with van der Waals surface area (Å²) in [4.78, 5) is 58.2. The molecule has 0 aliphatic carbocycles. The maximum absolute atomic E-state index is 12.2. The molecular weight excluding hydrogens is 390 g/mol. The normalized spacial score (nSPS) is 25.9. The van der Waals surface area contributed by atoms with Crippen molar-refractivity contribution in [1.29, 1.82) is 0 Å². The van der Waals surface area contributed by atoms with Gasteiger partial charge >= 0.3 is 23.9 Å². The lowest BCUT2D eigenvalue weighted by atomic mass is 9.95. The smallest absolute Gasteiger partial charge is 0.305 e. The van der Waals surface area contributed by atoms with E-state index in [-0.39, 0.29) is 12.2 Å². The number of hydrogen-bond donors (Lipinski definition) is 1. The summed E-state index contributed by atoms with van der Waals surface area (Å²) < 4.78 is 26.2. The van der Waals surface area contributed by atoms with Crippen LogP contribution in [0.1, 0.15) is 34.6 Å².